The molecular weight excluding hydrogens is 241 g/mol. The van der Waals surface area contributed by atoms with E-state index in [2.05, 4.69) is 0 Å². The third kappa shape index (κ3) is 5.21. The molecule has 0 unspecified atom stereocenters. The van der Waals surface area contributed by atoms with Gasteiger partial charge in [-0.2, -0.15) is 0 Å². The first-order valence-corrected chi connectivity index (χ1v) is 7.51. The number of carbonyl (C=O) groups is 2. The van der Waals surface area contributed by atoms with Gasteiger partial charge in [0.2, 0.25) is 0 Å². The van der Waals surface area contributed by atoms with Gasteiger partial charge in [0.15, 0.2) is 0 Å². The fourth-order valence-electron chi connectivity index (χ4n) is 1.50. The van der Waals surface area contributed by atoms with Crippen molar-refractivity contribution in [3.05, 3.63) is 35.9 Å². The van der Waals surface area contributed by atoms with Crippen molar-refractivity contribution in [1.29, 1.82) is 0 Å². The third-order valence-corrected chi connectivity index (χ3v) is 3.42. The number of benzene rings is 1. The zero-order valence-corrected chi connectivity index (χ0v) is 12.8. The summed E-state index contributed by atoms with van der Waals surface area (Å²) in [5.41, 5.74) is 0.331. The topological polar surface area (TPSA) is 57.6 Å². The minimum atomic E-state index is -0.879. The first-order valence-electron chi connectivity index (χ1n) is 6.10. The Labute approximate surface area is 124 Å². The molecule has 0 aliphatic heterocycles. The van der Waals surface area contributed by atoms with E-state index < -0.39 is 5.97 Å². The Bertz CT molecular complexity index is 404. The minimum Gasteiger partial charge on any atom is -0.478 e. The van der Waals surface area contributed by atoms with E-state index in [0.717, 1.165) is 31.6 Å². The van der Waals surface area contributed by atoms with Crippen LogP contribution in [0.4, 0.5) is 0 Å². The van der Waals surface area contributed by atoms with Crippen molar-refractivity contribution in [2.75, 3.05) is 7.05 Å². The molecule has 1 aromatic rings. The molecule has 2 rings (SSSR count). The molecule has 18 heavy (non-hydrogen) atoms. The Morgan fingerprint density at radius 1 is 1.33 bits per heavy atom. The van der Waals surface area contributed by atoms with Gasteiger partial charge in [-0.25, -0.2) is 4.79 Å². The summed E-state index contributed by atoms with van der Waals surface area (Å²) < 4.78 is 0.785. The zero-order valence-electron chi connectivity index (χ0n) is 10.8. The zero-order chi connectivity index (χ0) is 13.5. The standard InChI is InChI=1S/C7H6O2.C6H10NO.Na/c8-7(9)6-4-2-1-3-5-6;1-5(8)7(2)6-3-4-6;/h1-5H,(H,8,9);6H,1,3-4H2,2H3;. The summed E-state index contributed by atoms with van der Waals surface area (Å²) in [5.74, 6) is -0.542. The summed E-state index contributed by atoms with van der Waals surface area (Å²) >= 11 is 1.00. The second kappa shape index (κ2) is 7.56. The summed E-state index contributed by atoms with van der Waals surface area (Å²) in [5, 5.41) is 8.38. The van der Waals surface area contributed by atoms with E-state index in [1.807, 2.05) is 11.9 Å². The van der Waals surface area contributed by atoms with E-state index in [1.54, 1.807) is 30.3 Å². The smallest absolute Gasteiger partial charge is 0.335 e. The van der Waals surface area contributed by atoms with Crippen molar-refractivity contribution < 1.29 is 14.7 Å². The maximum absolute atomic E-state index is 11.0. The van der Waals surface area contributed by atoms with Crippen molar-refractivity contribution >= 4 is 39.8 Å². The van der Waals surface area contributed by atoms with Crippen LogP contribution in [0.15, 0.2) is 30.3 Å². The van der Waals surface area contributed by atoms with E-state index in [9.17, 15) is 9.59 Å². The second-order valence-electron chi connectivity index (χ2n) is 4.26. The number of amides is 1. The van der Waals surface area contributed by atoms with Gasteiger partial charge in [-0.05, 0) is 12.1 Å². The van der Waals surface area contributed by atoms with E-state index in [4.69, 9.17) is 5.11 Å². The quantitative estimate of drug-likeness (QED) is 0.836. The number of nitrogens with zero attached hydrogens (tertiary/aromatic N) is 1. The first kappa shape index (κ1) is 15.2. The molecule has 5 heteroatoms. The monoisotopic (exact) mass is 257 g/mol. The van der Waals surface area contributed by atoms with Gasteiger partial charge in [0.05, 0.1) is 5.56 Å². The van der Waals surface area contributed by atoms with Crippen LogP contribution in [0.1, 0.15) is 23.2 Å². The van der Waals surface area contributed by atoms with Crippen molar-refractivity contribution in [3.8, 4) is 0 Å². The van der Waals surface area contributed by atoms with Crippen LogP contribution in [0.2, 0.25) is 3.67 Å². The summed E-state index contributed by atoms with van der Waals surface area (Å²) in [6, 6.07) is 8.90. The van der Waals surface area contributed by atoms with Crippen LogP contribution in [0.5, 0.6) is 0 Å². The molecule has 0 aromatic heterocycles. The maximum Gasteiger partial charge on any atom is 0.335 e. The largest absolute Gasteiger partial charge is 0.478 e. The van der Waals surface area contributed by atoms with Gasteiger partial charge in [0, 0.05) is 0 Å². The number of carboxylic acids is 1. The minimum absolute atomic E-state index is 0.331. The van der Waals surface area contributed by atoms with Gasteiger partial charge in [0.25, 0.3) is 0 Å². The Balaban J connectivity index is 0.000000180. The third-order valence-electron chi connectivity index (χ3n) is 2.81. The average molecular weight is 257 g/mol. The number of hydrogen-bond acceptors (Lipinski definition) is 2. The van der Waals surface area contributed by atoms with Gasteiger partial charge in [-0.3, -0.25) is 0 Å². The maximum atomic E-state index is 11.0. The molecule has 1 aromatic carbocycles. The van der Waals surface area contributed by atoms with E-state index >= 15 is 0 Å². The van der Waals surface area contributed by atoms with Crippen LogP contribution < -0.4 is 0 Å². The van der Waals surface area contributed by atoms with Crippen molar-refractivity contribution in [2.45, 2.75) is 22.6 Å². The fourth-order valence-corrected chi connectivity index (χ4v) is 1.99. The number of aromatic carboxylic acids is 1. The van der Waals surface area contributed by atoms with E-state index in [-0.39, 0.29) is 0 Å². The van der Waals surface area contributed by atoms with Gasteiger partial charge < -0.3 is 5.11 Å². The molecule has 1 N–H and O–H groups in total. The van der Waals surface area contributed by atoms with Gasteiger partial charge in [-0.15, -0.1) is 0 Å². The van der Waals surface area contributed by atoms with Crippen LogP contribution in [0.3, 0.4) is 0 Å². The Hall–Kier alpha value is -0.840. The summed E-state index contributed by atoms with van der Waals surface area (Å²) in [6.45, 7) is 0. The Kier molecular flexibility index (Phi) is 6.39. The second-order valence-corrected chi connectivity index (χ2v) is 4.97. The number of carboxylic acid groups (broad SMARTS) is 1. The first-order chi connectivity index (χ1) is 8.56. The van der Waals surface area contributed by atoms with Crippen LogP contribution >= 0.6 is 0 Å². The molecule has 0 atom stereocenters. The van der Waals surface area contributed by atoms with Crippen molar-refractivity contribution in [2.24, 2.45) is 0 Å². The fraction of sp³-hybridized carbons (Fsp3) is 0.385. The molecule has 1 amide bonds. The van der Waals surface area contributed by atoms with Crippen molar-refractivity contribution in [3.63, 3.8) is 0 Å². The molecule has 0 saturated heterocycles. The molecular formula is C13H16NNaO3. The molecule has 4 nitrogen and oxygen atoms in total. The predicted molar refractivity (Wildman–Crippen MR) is 69.8 cm³/mol. The Morgan fingerprint density at radius 2 is 1.89 bits per heavy atom. The van der Waals surface area contributed by atoms with E-state index in [1.165, 1.54) is 12.8 Å². The molecule has 92 valence electrons. The predicted octanol–water partition coefficient (Wildman–Crippen LogP) is 1.58. The SMILES string of the molecule is CN(C(=O)[CH2][Na])C1CC1.O=C(O)c1ccccc1. The average Bonchev–Trinajstić information content (AvgIpc) is 3.23. The van der Waals surface area contributed by atoms with E-state index in [0.29, 0.717) is 17.5 Å². The molecule has 1 saturated carbocycles. The number of carbonyl (C=O) groups excluding carboxylic acids is 1. The molecule has 1 aliphatic carbocycles. The van der Waals surface area contributed by atoms with Gasteiger partial charge in [0.1, 0.15) is 0 Å². The summed E-state index contributed by atoms with van der Waals surface area (Å²) in [7, 11) is 1.91. The molecule has 0 bridgehead atoms. The molecule has 0 heterocycles. The number of rotatable bonds is 3. The number of hydrogen-bond donors (Lipinski definition) is 1. The van der Waals surface area contributed by atoms with Gasteiger partial charge >= 0.3 is 79.1 Å². The normalized spacial score (nSPS) is 13.3. The van der Waals surface area contributed by atoms with Crippen LogP contribution in [-0.2, 0) is 4.79 Å². The van der Waals surface area contributed by atoms with Crippen LogP contribution in [0, 0.1) is 0 Å². The molecule has 1 fully saturated rings. The Morgan fingerprint density at radius 3 is 2.22 bits per heavy atom. The van der Waals surface area contributed by atoms with Crippen LogP contribution in [0.25, 0.3) is 0 Å². The summed E-state index contributed by atoms with van der Waals surface area (Å²) in [6.07, 6.45) is 2.45. The van der Waals surface area contributed by atoms with Crippen molar-refractivity contribution in [1.82, 2.24) is 4.90 Å². The summed E-state index contributed by atoms with van der Waals surface area (Å²) in [4.78, 5) is 23.1. The molecule has 1 aliphatic rings. The molecule has 0 spiro atoms. The molecule has 0 radical (unpaired) electrons. The van der Waals surface area contributed by atoms with Crippen LogP contribution in [-0.4, -0.2) is 62.9 Å². The van der Waals surface area contributed by atoms with Gasteiger partial charge in [-0.1, -0.05) is 18.2 Å².